The van der Waals surface area contributed by atoms with E-state index < -0.39 is 6.09 Å². The lowest BCUT2D eigenvalue weighted by molar-refractivity contribution is 0.200. The maximum atomic E-state index is 12.0. The molecule has 0 saturated carbocycles. The number of rotatable bonds is 8. The number of hydrogen-bond acceptors (Lipinski definition) is 7. The summed E-state index contributed by atoms with van der Waals surface area (Å²) >= 11 is 0. The van der Waals surface area contributed by atoms with Crippen molar-refractivity contribution in [3.05, 3.63) is 78.9 Å². The Morgan fingerprint density at radius 2 is 1.91 bits per heavy atom. The number of carbonyl (C=O) groups is 1. The van der Waals surface area contributed by atoms with Gasteiger partial charge in [0.15, 0.2) is 0 Å². The largest absolute Gasteiger partial charge is 0.488 e. The maximum absolute atomic E-state index is 12.0. The second-order valence-electron chi connectivity index (χ2n) is 6.95. The minimum atomic E-state index is -0.506. The first-order valence-electron chi connectivity index (χ1n) is 10.2. The molecule has 8 heteroatoms. The van der Waals surface area contributed by atoms with Crippen molar-refractivity contribution < 1.29 is 18.7 Å². The highest BCUT2D eigenvalue weighted by atomic mass is 16.6. The van der Waals surface area contributed by atoms with Crippen molar-refractivity contribution in [2.75, 3.05) is 6.54 Å². The van der Waals surface area contributed by atoms with E-state index in [0.29, 0.717) is 36.1 Å². The number of aromatic nitrogens is 3. The fourth-order valence-corrected chi connectivity index (χ4v) is 3.03. The summed E-state index contributed by atoms with van der Waals surface area (Å²) in [4.78, 5) is 16.3. The highest BCUT2D eigenvalue weighted by Crippen LogP contribution is 2.35. The summed E-state index contributed by atoms with van der Waals surface area (Å²) in [7, 11) is 0. The molecule has 32 heavy (non-hydrogen) atoms. The summed E-state index contributed by atoms with van der Waals surface area (Å²) in [5.41, 5.74) is 3.18. The smallest absolute Gasteiger partial charge is 0.412 e. The Morgan fingerprint density at radius 3 is 2.69 bits per heavy atom. The van der Waals surface area contributed by atoms with Crippen LogP contribution in [0.2, 0.25) is 0 Å². The third kappa shape index (κ3) is 5.28. The quantitative estimate of drug-likeness (QED) is 0.425. The molecular formula is C24H22N4O4. The van der Waals surface area contributed by atoms with Crippen LogP contribution in [-0.4, -0.2) is 27.8 Å². The van der Waals surface area contributed by atoms with E-state index in [2.05, 4.69) is 20.5 Å². The topological polar surface area (TPSA) is 99.4 Å². The molecule has 8 nitrogen and oxygen atoms in total. The van der Waals surface area contributed by atoms with Gasteiger partial charge in [-0.15, -0.1) is 10.2 Å². The molecule has 0 aliphatic carbocycles. The fourth-order valence-electron chi connectivity index (χ4n) is 3.03. The van der Waals surface area contributed by atoms with Gasteiger partial charge in [-0.2, -0.15) is 0 Å². The Morgan fingerprint density at radius 1 is 1.06 bits per heavy atom. The molecule has 1 amide bonds. The van der Waals surface area contributed by atoms with Crippen LogP contribution in [0, 0.1) is 0 Å². The predicted molar refractivity (Wildman–Crippen MR) is 118 cm³/mol. The van der Waals surface area contributed by atoms with E-state index in [1.807, 2.05) is 43.3 Å². The summed E-state index contributed by atoms with van der Waals surface area (Å²) in [6, 6.07) is 17.0. The number of benzene rings is 2. The average Bonchev–Trinajstić information content (AvgIpc) is 3.38. The molecule has 0 atom stereocenters. The van der Waals surface area contributed by atoms with Crippen LogP contribution in [0.4, 0.5) is 4.79 Å². The van der Waals surface area contributed by atoms with Crippen molar-refractivity contribution in [2.45, 2.75) is 20.0 Å². The highest BCUT2D eigenvalue weighted by molar-refractivity contribution is 5.76. The molecule has 1 N–H and O–H groups in total. The van der Waals surface area contributed by atoms with Crippen LogP contribution in [-0.2, 0) is 6.61 Å². The Hall–Kier alpha value is -4.20. The van der Waals surface area contributed by atoms with Crippen molar-refractivity contribution in [3.63, 3.8) is 0 Å². The Kier molecular flexibility index (Phi) is 6.72. The van der Waals surface area contributed by atoms with Crippen molar-refractivity contribution in [2.24, 2.45) is 0 Å². The van der Waals surface area contributed by atoms with Gasteiger partial charge in [-0.3, -0.25) is 4.98 Å². The lowest BCUT2D eigenvalue weighted by atomic mass is 10.0. The van der Waals surface area contributed by atoms with Gasteiger partial charge in [0, 0.05) is 30.1 Å². The molecule has 0 fully saturated rings. The second-order valence-corrected chi connectivity index (χ2v) is 6.95. The molecule has 0 radical (unpaired) electrons. The molecule has 2 aromatic carbocycles. The van der Waals surface area contributed by atoms with Crippen LogP contribution < -0.4 is 14.8 Å². The monoisotopic (exact) mass is 430 g/mol. The Bertz CT molecular complexity index is 1160. The molecular weight excluding hydrogens is 408 g/mol. The fraction of sp³-hybridized carbons (Fsp3) is 0.167. The van der Waals surface area contributed by atoms with E-state index in [-0.39, 0.29) is 0 Å². The average molecular weight is 430 g/mol. The van der Waals surface area contributed by atoms with Gasteiger partial charge < -0.3 is 19.2 Å². The predicted octanol–water partition coefficient (Wildman–Crippen LogP) is 4.88. The number of carbonyl (C=O) groups excluding carboxylic acids is 1. The summed E-state index contributed by atoms with van der Waals surface area (Å²) in [6.45, 7) is 2.91. The van der Waals surface area contributed by atoms with E-state index in [9.17, 15) is 4.79 Å². The number of amides is 1. The lowest BCUT2D eigenvalue weighted by Gasteiger charge is -2.14. The molecule has 0 unspecified atom stereocenters. The van der Waals surface area contributed by atoms with Crippen LogP contribution in [0.5, 0.6) is 11.5 Å². The van der Waals surface area contributed by atoms with E-state index >= 15 is 0 Å². The Labute approximate surface area is 185 Å². The second kappa shape index (κ2) is 10.2. The number of hydrogen-bond donors (Lipinski definition) is 1. The van der Waals surface area contributed by atoms with Crippen LogP contribution in [0.3, 0.4) is 0 Å². The van der Waals surface area contributed by atoms with Gasteiger partial charge in [-0.05, 0) is 36.2 Å². The zero-order valence-corrected chi connectivity index (χ0v) is 17.5. The van der Waals surface area contributed by atoms with E-state index in [1.165, 1.54) is 6.39 Å². The Balaban J connectivity index is 1.65. The van der Waals surface area contributed by atoms with Gasteiger partial charge in [0.1, 0.15) is 18.1 Å². The van der Waals surface area contributed by atoms with Crippen molar-refractivity contribution in [1.29, 1.82) is 0 Å². The van der Waals surface area contributed by atoms with Crippen LogP contribution in [0.15, 0.2) is 77.8 Å². The molecule has 0 aliphatic heterocycles. The number of nitrogens with zero attached hydrogens (tertiary/aromatic N) is 3. The van der Waals surface area contributed by atoms with E-state index in [0.717, 1.165) is 23.1 Å². The zero-order valence-electron chi connectivity index (χ0n) is 17.5. The van der Waals surface area contributed by atoms with Gasteiger partial charge in [-0.1, -0.05) is 37.3 Å². The van der Waals surface area contributed by atoms with Crippen molar-refractivity contribution in [3.8, 4) is 34.1 Å². The third-order valence-electron chi connectivity index (χ3n) is 4.57. The van der Waals surface area contributed by atoms with E-state index in [4.69, 9.17) is 13.9 Å². The van der Waals surface area contributed by atoms with Crippen molar-refractivity contribution >= 4 is 6.09 Å². The molecule has 0 saturated heterocycles. The molecule has 4 aromatic rings. The van der Waals surface area contributed by atoms with Gasteiger partial charge in [-0.25, -0.2) is 4.79 Å². The minimum absolute atomic E-state index is 0.359. The number of nitrogens with one attached hydrogen (secondary N) is 1. The van der Waals surface area contributed by atoms with Gasteiger partial charge in [0.05, 0.1) is 5.56 Å². The highest BCUT2D eigenvalue weighted by Gasteiger charge is 2.14. The SMILES string of the molecule is CCCNC(=O)Oc1ccc(OCc2ccccc2)c(-c2cncc(-c3nnco3)c2)c1. The van der Waals surface area contributed by atoms with Crippen molar-refractivity contribution in [1.82, 2.24) is 20.5 Å². The van der Waals surface area contributed by atoms with Gasteiger partial charge >= 0.3 is 6.09 Å². The molecule has 162 valence electrons. The summed E-state index contributed by atoms with van der Waals surface area (Å²) in [5.74, 6) is 1.38. The summed E-state index contributed by atoms with van der Waals surface area (Å²) in [6.07, 6.45) is 4.92. The summed E-state index contributed by atoms with van der Waals surface area (Å²) in [5, 5.41) is 10.4. The van der Waals surface area contributed by atoms with Gasteiger partial charge in [0.25, 0.3) is 0 Å². The third-order valence-corrected chi connectivity index (χ3v) is 4.57. The van der Waals surface area contributed by atoms with Crippen LogP contribution in [0.25, 0.3) is 22.6 Å². The number of pyridine rings is 1. The van der Waals surface area contributed by atoms with Gasteiger partial charge in [0.2, 0.25) is 12.3 Å². The lowest BCUT2D eigenvalue weighted by Crippen LogP contribution is -2.27. The zero-order chi connectivity index (χ0) is 22.2. The minimum Gasteiger partial charge on any atom is -0.488 e. The molecule has 0 spiro atoms. The molecule has 2 aromatic heterocycles. The summed E-state index contributed by atoms with van der Waals surface area (Å²) < 4.78 is 16.8. The standard InChI is InChI=1S/C24H22N4O4/c1-2-10-26-24(29)32-20-8-9-22(30-15-17-6-4-3-5-7-17)21(12-20)18-11-19(14-25-13-18)23-28-27-16-31-23/h3-9,11-14,16H,2,10,15H2,1H3,(H,26,29). The van der Waals surface area contributed by atoms with Crippen LogP contribution >= 0.6 is 0 Å². The first-order chi connectivity index (χ1) is 15.7. The number of ether oxygens (including phenoxy) is 2. The normalized spacial score (nSPS) is 10.5. The maximum Gasteiger partial charge on any atom is 0.412 e. The van der Waals surface area contributed by atoms with E-state index in [1.54, 1.807) is 30.6 Å². The first kappa shape index (κ1) is 21.0. The first-order valence-corrected chi connectivity index (χ1v) is 10.2. The van der Waals surface area contributed by atoms with Crippen LogP contribution in [0.1, 0.15) is 18.9 Å². The molecule has 2 heterocycles. The molecule has 4 rings (SSSR count). The molecule has 0 aliphatic rings. The molecule has 0 bridgehead atoms.